The summed E-state index contributed by atoms with van der Waals surface area (Å²) >= 11 is 0. The second kappa shape index (κ2) is 5.57. The molecule has 1 aromatic carbocycles. The Balaban J connectivity index is 1.92. The number of hydrogen-bond acceptors (Lipinski definition) is 2. The molecule has 0 aliphatic carbocycles. The molecule has 2 aromatic rings. The van der Waals surface area contributed by atoms with E-state index < -0.39 is 5.60 Å². The van der Waals surface area contributed by atoms with Crippen LogP contribution < -0.4 is 0 Å². The number of H-pyrrole nitrogens is 1. The molecule has 2 heterocycles. The summed E-state index contributed by atoms with van der Waals surface area (Å²) in [4.78, 5) is 17.2. The zero-order valence-electron chi connectivity index (χ0n) is 12.7. The van der Waals surface area contributed by atoms with Gasteiger partial charge in [0.25, 0.3) is 5.91 Å². The van der Waals surface area contributed by atoms with E-state index in [9.17, 15) is 9.18 Å². The summed E-state index contributed by atoms with van der Waals surface area (Å²) in [5.74, 6) is -0.291. The lowest BCUT2D eigenvalue weighted by molar-refractivity contribution is -0.0330. The van der Waals surface area contributed by atoms with Gasteiger partial charge >= 0.3 is 0 Å². The molecule has 1 N–H and O–H groups in total. The molecule has 1 saturated heterocycles. The average molecular weight is 302 g/mol. The lowest BCUT2D eigenvalue weighted by Crippen LogP contribution is -2.38. The molecular formula is C17H19FN2O2. The van der Waals surface area contributed by atoms with Crippen molar-refractivity contribution in [3.63, 3.8) is 0 Å². The number of nitrogens with one attached hydrogen (secondary N) is 1. The highest BCUT2D eigenvalue weighted by Crippen LogP contribution is 2.40. The Morgan fingerprint density at radius 3 is 2.86 bits per heavy atom. The highest BCUT2D eigenvalue weighted by atomic mass is 19.1. The van der Waals surface area contributed by atoms with Crippen molar-refractivity contribution < 1.29 is 13.9 Å². The number of amides is 1. The van der Waals surface area contributed by atoms with E-state index in [1.807, 2.05) is 13.0 Å². The molecule has 3 rings (SSSR count). The van der Waals surface area contributed by atoms with Crippen LogP contribution in [-0.2, 0) is 10.3 Å². The number of halogens is 1. The van der Waals surface area contributed by atoms with Gasteiger partial charge in [0, 0.05) is 25.8 Å². The molecule has 0 spiro atoms. The van der Waals surface area contributed by atoms with Crippen LogP contribution >= 0.6 is 0 Å². The summed E-state index contributed by atoms with van der Waals surface area (Å²) in [5, 5.41) is 0. The zero-order chi connectivity index (χ0) is 15.7. The first-order valence-corrected chi connectivity index (χ1v) is 7.30. The van der Waals surface area contributed by atoms with Crippen molar-refractivity contribution in [2.75, 3.05) is 20.2 Å². The lowest BCUT2D eigenvalue weighted by Gasteiger charge is -2.32. The van der Waals surface area contributed by atoms with E-state index in [0.29, 0.717) is 18.8 Å². The lowest BCUT2D eigenvalue weighted by atomic mass is 9.85. The highest BCUT2D eigenvalue weighted by Gasteiger charge is 2.47. The first kappa shape index (κ1) is 14.8. The van der Waals surface area contributed by atoms with Gasteiger partial charge in [-0.2, -0.15) is 0 Å². The smallest absolute Gasteiger partial charge is 0.270 e. The first-order chi connectivity index (χ1) is 10.6. The summed E-state index contributed by atoms with van der Waals surface area (Å²) in [5.41, 5.74) is 0.646. The van der Waals surface area contributed by atoms with Crippen molar-refractivity contribution in [2.45, 2.75) is 12.5 Å². The van der Waals surface area contributed by atoms with Crippen molar-refractivity contribution in [3.8, 4) is 0 Å². The fraction of sp³-hybridized carbons (Fsp3) is 0.353. The van der Waals surface area contributed by atoms with Crippen LogP contribution in [0.25, 0.3) is 0 Å². The molecule has 1 aliphatic heterocycles. The zero-order valence-corrected chi connectivity index (χ0v) is 12.7. The molecule has 1 fully saturated rings. The highest BCUT2D eigenvalue weighted by molar-refractivity contribution is 5.92. The maximum atomic E-state index is 13.6. The van der Waals surface area contributed by atoms with Crippen LogP contribution in [0.2, 0.25) is 0 Å². The van der Waals surface area contributed by atoms with E-state index in [1.54, 1.807) is 36.4 Å². The topological polar surface area (TPSA) is 45.3 Å². The van der Waals surface area contributed by atoms with Gasteiger partial charge in [-0.3, -0.25) is 4.79 Å². The summed E-state index contributed by atoms with van der Waals surface area (Å²) in [6.45, 7) is 3.00. The maximum Gasteiger partial charge on any atom is 0.270 e. The van der Waals surface area contributed by atoms with Crippen LogP contribution in [0.4, 0.5) is 4.39 Å². The van der Waals surface area contributed by atoms with Crippen molar-refractivity contribution in [3.05, 3.63) is 59.7 Å². The number of carbonyl (C=O) groups is 1. The molecule has 1 amide bonds. The Hall–Kier alpha value is -2.14. The fourth-order valence-corrected chi connectivity index (χ4v) is 3.28. The molecule has 0 bridgehead atoms. The molecule has 2 atom stereocenters. The van der Waals surface area contributed by atoms with Crippen molar-refractivity contribution >= 4 is 5.91 Å². The van der Waals surface area contributed by atoms with Gasteiger partial charge < -0.3 is 14.6 Å². The number of aromatic amines is 1. The number of rotatable bonds is 3. The Bertz CT molecular complexity index is 671. The summed E-state index contributed by atoms with van der Waals surface area (Å²) in [7, 11) is 1.62. The van der Waals surface area contributed by atoms with Gasteiger partial charge in [-0.05, 0) is 29.8 Å². The van der Waals surface area contributed by atoms with E-state index in [1.165, 1.54) is 12.1 Å². The predicted octanol–water partition coefficient (Wildman–Crippen LogP) is 2.79. The third-order valence-electron chi connectivity index (χ3n) is 4.51. The molecule has 22 heavy (non-hydrogen) atoms. The standard InChI is InChI=1S/C17H19FN2O2/c1-12-10-20(16(21)15-7-4-8-19-15)11-17(12,22-2)13-5-3-6-14(18)9-13/h3-9,12,19H,10-11H2,1-2H3/t12-,17+/m0/s1. The summed E-state index contributed by atoms with van der Waals surface area (Å²) in [6, 6.07) is 9.97. The van der Waals surface area contributed by atoms with Crippen molar-refractivity contribution in [1.82, 2.24) is 9.88 Å². The number of carbonyl (C=O) groups excluding carboxylic acids is 1. The SMILES string of the molecule is CO[C@]1(c2cccc(F)c2)CN(C(=O)c2ccc[nH]2)C[C@@H]1C. The number of likely N-dealkylation sites (tertiary alicyclic amines) is 1. The van der Waals surface area contributed by atoms with Crippen molar-refractivity contribution in [2.24, 2.45) is 5.92 Å². The molecule has 1 aromatic heterocycles. The third kappa shape index (κ3) is 2.31. The second-order valence-electron chi connectivity index (χ2n) is 5.77. The van der Waals surface area contributed by atoms with Crippen LogP contribution in [0.1, 0.15) is 23.0 Å². The van der Waals surface area contributed by atoms with Crippen LogP contribution in [0.5, 0.6) is 0 Å². The number of methoxy groups -OCH3 is 1. The number of ether oxygens (including phenoxy) is 1. The van der Waals surface area contributed by atoms with Gasteiger partial charge in [0.1, 0.15) is 17.1 Å². The van der Waals surface area contributed by atoms with Gasteiger partial charge in [0.2, 0.25) is 0 Å². The summed E-state index contributed by atoms with van der Waals surface area (Å²) < 4.78 is 19.4. The quantitative estimate of drug-likeness (QED) is 0.947. The van der Waals surface area contributed by atoms with Crippen molar-refractivity contribution in [1.29, 1.82) is 0 Å². The third-order valence-corrected chi connectivity index (χ3v) is 4.51. The normalized spacial score (nSPS) is 24.7. The summed E-state index contributed by atoms with van der Waals surface area (Å²) in [6.07, 6.45) is 1.73. The monoisotopic (exact) mass is 302 g/mol. The van der Waals surface area contributed by atoms with E-state index >= 15 is 0 Å². The van der Waals surface area contributed by atoms with E-state index in [-0.39, 0.29) is 17.6 Å². The molecule has 4 nitrogen and oxygen atoms in total. The second-order valence-corrected chi connectivity index (χ2v) is 5.77. The number of nitrogens with zero attached hydrogens (tertiary/aromatic N) is 1. The molecule has 116 valence electrons. The van der Waals surface area contributed by atoms with E-state index in [4.69, 9.17) is 4.74 Å². The minimum atomic E-state index is -0.676. The van der Waals surface area contributed by atoms with Crippen LogP contribution in [0, 0.1) is 11.7 Å². The number of hydrogen-bond donors (Lipinski definition) is 1. The van der Waals surface area contributed by atoms with E-state index in [2.05, 4.69) is 4.98 Å². The number of benzene rings is 1. The van der Waals surface area contributed by atoms with E-state index in [0.717, 1.165) is 5.56 Å². The molecule has 5 heteroatoms. The molecule has 0 radical (unpaired) electrons. The fourth-order valence-electron chi connectivity index (χ4n) is 3.28. The minimum absolute atomic E-state index is 0.0628. The van der Waals surface area contributed by atoms with Gasteiger partial charge in [-0.1, -0.05) is 19.1 Å². The Morgan fingerprint density at radius 2 is 2.23 bits per heavy atom. The van der Waals surface area contributed by atoms with Gasteiger partial charge in [0.15, 0.2) is 0 Å². The van der Waals surface area contributed by atoms with Gasteiger partial charge in [-0.25, -0.2) is 4.39 Å². The van der Waals surface area contributed by atoms with Crippen LogP contribution in [0.15, 0.2) is 42.6 Å². The molecular weight excluding hydrogens is 283 g/mol. The number of aromatic nitrogens is 1. The first-order valence-electron chi connectivity index (χ1n) is 7.30. The molecule has 1 aliphatic rings. The van der Waals surface area contributed by atoms with Crippen LogP contribution in [0.3, 0.4) is 0 Å². The Kier molecular flexibility index (Phi) is 3.74. The maximum absolute atomic E-state index is 13.6. The largest absolute Gasteiger partial charge is 0.371 e. The molecule has 0 unspecified atom stereocenters. The predicted molar refractivity (Wildman–Crippen MR) is 80.9 cm³/mol. The minimum Gasteiger partial charge on any atom is -0.371 e. The average Bonchev–Trinajstić information content (AvgIpc) is 3.15. The van der Waals surface area contributed by atoms with Gasteiger partial charge in [0.05, 0.1) is 6.54 Å². The Labute approximate surface area is 128 Å². The van der Waals surface area contributed by atoms with Gasteiger partial charge in [-0.15, -0.1) is 0 Å². The molecule has 0 saturated carbocycles. The van der Waals surface area contributed by atoms with Crippen LogP contribution in [-0.4, -0.2) is 36.0 Å². The Morgan fingerprint density at radius 1 is 1.41 bits per heavy atom.